The molecule has 0 saturated carbocycles. The fourth-order valence-corrected chi connectivity index (χ4v) is 4.66. The van der Waals surface area contributed by atoms with Gasteiger partial charge in [-0.25, -0.2) is 0 Å². The number of hydrogen-bond donors (Lipinski definition) is 0. The number of anilines is 1. The molecule has 136 valence electrons. The van der Waals surface area contributed by atoms with Gasteiger partial charge in [0.1, 0.15) is 0 Å². The quantitative estimate of drug-likeness (QED) is 0.676. The molecule has 2 heterocycles. The Morgan fingerprint density at radius 3 is 2.44 bits per heavy atom. The lowest BCUT2D eigenvalue weighted by Crippen LogP contribution is -2.47. The molecule has 3 nitrogen and oxygen atoms in total. The van der Waals surface area contributed by atoms with E-state index < -0.39 is 8.32 Å². The van der Waals surface area contributed by atoms with Crippen LogP contribution in [0.5, 0.6) is 0 Å². The smallest absolute Gasteiger partial charge is 0.192 e. The number of aromatic nitrogens is 1. The largest absolute Gasteiger partial charge is 0.414 e. The number of fused-ring (bicyclic) bond motifs is 1. The zero-order valence-electron chi connectivity index (χ0n) is 16.6. The Morgan fingerprint density at radius 2 is 1.80 bits per heavy atom. The number of hydrogen-bond acceptors (Lipinski definition) is 3. The molecule has 0 atom stereocenters. The molecular weight excluding hydrogens is 324 g/mol. The molecule has 25 heavy (non-hydrogen) atoms. The average Bonchev–Trinajstić information content (AvgIpc) is 2.53. The lowest BCUT2D eigenvalue weighted by Gasteiger charge is -2.42. The summed E-state index contributed by atoms with van der Waals surface area (Å²) in [5, 5.41) is 1.52. The molecule has 1 saturated heterocycles. The van der Waals surface area contributed by atoms with Crippen LogP contribution in [0.4, 0.5) is 5.69 Å². The summed E-state index contributed by atoms with van der Waals surface area (Å²) < 4.78 is 6.61. The first-order valence-electron chi connectivity index (χ1n) is 9.45. The minimum atomic E-state index is -1.67. The lowest BCUT2D eigenvalue weighted by atomic mass is 10.1. The van der Waals surface area contributed by atoms with Gasteiger partial charge in [-0.3, -0.25) is 4.98 Å². The van der Waals surface area contributed by atoms with Gasteiger partial charge in [0.25, 0.3) is 0 Å². The van der Waals surface area contributed by atoms with Crippen molar-refractivity contribution in [2.24, 2.45) is 0 Å². The summed E-state index contributed by atoms with van der Waals surface area (Å²) in [7, 11) is -1.67. The van der Waals surface area contributed by atoms with Crippen LogP contribution in [0.25, 0.3) is 10.9 Å². The van der Waals surface area contributed by atoms with Crippen molar-refractivity contribution in [2.75, 3.05) is 18.0 Å². The van der Waals surface area contributed by atoms with E-state index in [-0.39, 0.29) is 5.04 Å². The van der Waals surface area contributed by atoms with Gasteiger partial charge in [0.05, 0.1) is 17.4 Å². The molecule has 1 aromatic heterocycles. The predicted octanol–water partition coefficient (Wildman–Crippen LogP) is 5.53. The van der Waals surface area contributed by atoms with Gasteiger partial charge >= 0.3 is 0 Å². The summed E-state index contributed by atoms with van der Waals surface area (Å²) in [6, 6.07) is 8.73. The van der Waals surface area contributed by atoms with Gasteiger partial charge in [-0.15, -0.1) is 0 Å². The molecule has 1 aromatic carbocycles. The summed E-state index contributed by atoms with van der Waals surface area (Å²) in [4.78, 5) is 7.10. The molecule has 1 aliphatic rings. The number of aryl methyl sites for hydroxylation is 1. The second-order valence-electron chi connectivity index (χ2n) is 8.95. The number of piperidine rings is 1. The Labute approximate surface area is 153 Å². The molecule has 3 rings (SSSR count). The molecule has 0 unspecified atom stereocenters. The van der Waals surface area contributed by atoms with E-state index in [0.29, 0.717) is 6.10 Å². The molecule has 4 heteroatoms. The first-order valence-corrected chi connectivity index (χ1v) is 12.4. The normalized spacial score (nSPS) is 17.3. The zero-order chi connectivity index (χ0) is 18.2. The number of benzene rings is 1. The Hall–Kier alpha value is -1.39. The highest BCUT2D eigenvalue weighted by Gasteiger charge is 2.39. The first kappa shape index (κ1) is 18.4. The van der Waals surface area contributed by atoms with Crippen molar-refractivity contribution in [3.63, 3.8) is 0 Å². The van der Waals surface area contributed by atoms with Gasteiger partial charge in [0.2, 0.25) is 0 Å². The third kappa shape index (κ3) is 4.06. The van der Waals surface area contributed by atoms with E-state index in [0.717, 1.165) is 31.4 Å². The van der Waals surface area contributed by atoms with Gasteiger partial charge in [0, 0.05) is 24.6 Å². The summed E-state index contributed by atoms with van der Waals surface area (Å²) in [5.41, 5.74) is 3.60. The van der Waals surface area contributed by atoms with Crippen molar-refractivity contribution in [2.45, 2.75) is 64.8 Å². The molecule has 2 aromatic rings. The van der Waals surface area contributed by atoms with E-state index >= 15 is 0 Å². The maximum absolute atomic E-state index is 6.61. The Balaban J connectivity index is 1.66. The van der Waals surface area contributed by atoms with Crippen molar-refractivity contribution in [1.82, 2.24) is 4.98 Å². The van der Waals surface area contributed by atoms with Crippen LogP contribution in [0, 0.1) is 6.92 Å². The Bertz CT molecular complexity index is 743. The van der Waals surface area contributed by atoms with Crippen molar-refractivity contribution in [1.29, 1.82) is 0 Å². The van der Waals surface area contributed by atoms with Crippen molar-refractivity contribution >= 4 is 24.9 Å². The highest BCUT2D eigenvalue weighted by atomic mass is 28.4. The average molecular weight is 357 g/mol. The highest BCUT2D eigenvalue weighted by molar-refractivity contribution is 6.74. The van der Waals surface area contributed by atoms with E-state index in [1.807, 2.05) is 6.20 Å². The van der Waals surface area contributed by atoms with Gasteiger partial charge in [-0.05, 0) is 56.1 Å². The van der Waals surface area contributed by atoms with Crippen LogP contribution >= 0.6 is 0 Å². The van der Waals surface area contributed by atoms with E-state index in [9.17, 15) is 0 Å². The fourth-order valence-electron chi connectivity index (χ4n) is 3.24. The van der Waals surface area contributed by atoms with E-state index in [1.165, 1.54) is 16.6 Å². The van der Waals surface area contributed by atoms with Crippen molar-refractivity contribution < 1.29 is 4.43 Å². The van der Waals surface area contributed by atoms with Crippen LogP contribution in [0.2, 0.25) is 18.1 Å². The SMILES string of the molecule is Cc1ccc2ncc(N3CCC(O[Si](C)(C)C(C)(C)C)CC3)cc2c1. The zero-order valence-corrected chi connectivity index (χ0v) is 17.6. The summed E-state index contributed by atoms with van der Waals surface area (Å²) >= 11 is 0. The summed E-state index contributed by atoms with van der Waals surface area (Å²) in [6.45, 7) is 15.9. The number of rotatable bonds is 3. The number of pyridine rings is 1. The number of nitrogens with zero attached hydrogens (tertiary/aromatic N) is 2. The second kappa shape index (κ2) is 6.73. The van der Waals surface area contributed by atoms with E-state index in [2.05, 4.69) is 74.9 Å². The van der Waals surface area contributed by atoms with Crippen LogP contribution in [0.3, 0.4) is 0 Å². The standard InChI is InChI=1S/C21H32N2OSi/c1-16-7-8-20-17(13-16)14-18(15-22-20)23-11-9-19(10-12-23)24-25(5,6)21(2,3)4/h7-8,13-15,19H,9-12H2,1-6H3. The minimum absolute atomic E-state index is 0.282. The molecule has 0 radical (unpaired) electrons. The molecular formula is C21H32N2OSi. The van der Waals surface area contributed by atoms with E-state index in [1.54, 1.807) is 0 Å². The first-order chi connectivity index (χ1) is 11.7. The van der Waals surface area contributed by atoms with Gasteiger partial charge in [-0.2, -0.15) is 0 Å². The van der Waals surface area contributed by atoms with Crippen LogP contribution in [0.15, 0.2) is 30.5 Å². The molecule has 1 fully saturated rings. The maximum Gasteiger partial charge on any atom is 0.192 e. The van der Waals surface area contributed by atoms with Gasteiger partial charge in [0.15, 0.2) is 8.32 Å². The van der Waals surface area contributed by atoms with Crippen LogP contribution in [0.1, 0.15) is 39.2 Å². The lowest BCUT2D eigenvalue weighted by molar-refractivity contribution is 0.152. The third-order valence-electron chi connectivity index (χ3n) is 5.90. The molecule has 1 aliphatic heterocycles. The minimum Gasteiger partial charge on any atom is -0.414 e. The van der Waals surface area contributed by atoms with Crippen LogP contribution in [-0.4, -0.2) is 32.5 Å². The molecule has 0 spiro atoms. The van der Waals surface area contributed by atoms with Gasteiger partial charge in [-0.1, -0.05) is 32.4 Å². The Kier molecular flexibility index (Phi) is 4.95. The van der Waals surface area contributed by atoms with Crippen molar-refractivity contribution in [3.05, 3.63) is 36.0 Å². The topological polar surface area (TPSA) is 25.4 Å². The second-order valence-corrected chi connectivity index (χ2v) is 13.7. The third-order valence-corrected chi connectivity index (χ3v) is 10.4. The van der Waals surface area contributed by atoms with Crippen molar-refractivity contribution in [3.8, 4) is 0 Å². The van der Waals surface area contributed by atoms with Crippen LogP contribution in [-0.2, 0) is 4.43 Å². The monoisotopic (exact) mass is 356 g/mol. The summed E-state index contributed by atoms with van der Waals surface area (Å²) in [6.07, 6.45) is 4.65. The maximum atomic E-state index is 6.61. The Morgan fingerprint density at radius 1 is 1.12 bits per heavy atom. The highest BCUT2D eigenvalue weighted by Crippen LogP contribution is 2.38. The molecule has 0 N–H and O–H groups in total. The van der Waals surface area contributed by atoms with E-state index in [4.69, 9.17) is 4.43 Å². The predicted molar refractivity (Wildman–Crippen MR) is 110 cm³/mol. The summed E-state index contributed by atoms with van der Waals surface area (Å²) in [5.74, 6) is 0. The fraction of sp³-hybridized carbons (Fsp3) is 0.571. The van der Waals surface area contributed by atoms with Gasteiger partial charge < -0.3 is 9.33 Å². The molecule has 0 aliphatic carbocycles. The molecule has 0 bridgehead atoms. The van der Waals surface area contributed by atoms with Crippen LogP contribution < -0.4 is 4.90 Å². The molecule has 0 amide bonds.